The van der Waals surface area contributed by atoms with E-state index in [9.17, 15) is 9.59 Å². The summed E-state index contributed by atoms with van der Waals surface area (Å²) in [5.74, 6) is 0.151. The molecule has 0 atom stereocenters. The lowest BCUT2D eigenvalue weighted by Gasteiger charge is -2.26. The third-order valence-corrected chi connectivity index (χ3v) is 3.45. The molecule has 0 aromatic heterocycles. The van der Waals surface area contributed by atoms with Crippen LogP contribution in [0.25, 0.3) is 0 Å². The molecule has 0 aromatic carbocycles. The van der Waals surface area contributed by atoms with Gasteiger partial charge in [-0.15, -0.1) is 11.8 Å². The Bertz CT molecular complexity index is 264. The molecule has 4 nitrogen and oxygen atoms in total. The summed E-state index contributed by atoms with van der Waals surface area (Å²) in [6.45, 7) is 4.84. The lowest BCUT2D eigenvalue weighted by atomic mass is 10.2. The van der Waals surface area contributed by atoms with Gasteiger partial charge in [0.1, 0.15) is 0 Å². The number of amides is 1. The quantitative estimate of drug-likeness (QED) is 0.737. The van der Waals surface area contributed by atoms with Gasteiger partial charge in [0.15, 0.2) is 0 Å². The van der Waals surface area contributed by atoms with Crippen molar-refractivity contribution in [1.82, 2.24) is 4.90 Å². The second kappa shape index (κ2) is 6.13. The second-order valence-electron chi connectivity index (χ2n) is 4.47. The molecule has 92 valence electrons. The van der Waals surface area contributed by atoms with Crippen LogP contribution in [0.2, 0.25) is 0 Å². The summed E-state index contributed by atoms with van der Waals surface area (Å²) in [6, 6.07) is 0.207. The number of hydrogen-bond acceptors (Lipinski definition) is 3. The molecule has 1 amide bonds. The summed E-state index contributed by atoms with van der Waals surface area (Å²) >= 11 is 1.17. The number of nitrogens with zero attached hydrogens (tertiary/aromatic N) is 1. The minimum atomic E-state index is -0.865. The minimum absolute atomic E-state index is 0.00110. The molecule has 1 aliphatic carbocycles. The van der Waals surface area contributed by atoms with Crippen molar-refractivity contribution in [3.05, 3.63) is 0 Å². The Morgan fingerprint density at radius 2 is 2.00 bits per heavy atom. The zero-order chi connectivity index (χ0) is 12.1. The maximum atomic E-state index is 11.8. The number of hydrogen-bond donors (Lipinski definition) is 1. The fraction of sp³-hybridized carbons (Fsp3) is 0.818. The summed E-state index contributed by atoms with van der Waals surface area (Å²) in [7, 11) is 0. The van der Waals surface area contributed by atoms with Crippen LogP contribution >= 0.6 is 11.8 Å². The van der Waals surface area contributed by atoms with Gasteiger partial charge in [0.25, 0.3) is 0 Å². The predicted molar refractivity (Wildman–Crippen MR) is 64.5 cm³/mol. The summed E-state index contributed by atoms with van der Waals surface area (Å²) in [5, 5.41) is 8.48. The maximum Gasteiger partial charge on any atom is 0.313 e. The second-order valence-corrected chi connectivity index (χ2v) is 5.46. The number of carbonyl (C=O) groups excluding carboxylic acids is 1. The molecule has 1 aliphatic rings. The van der Waals surface area contributed by atoms with Crippen molar-refractivity contribution in [3.8, 4) is 0 Å². The molecule has 0 spiro atoms. The van der Waals surface area contributed by atoms with E-state index in [0.717, 1.165) is 6.54 Å². The van der Waals surface area contributed by atoms with Crippen LogP contribution in [0.5, 0.6) is 0 Å². The number of thioether (sulfide) groups is 1. The summed E-state index contributed by atoms with van der Waals surface area (Å²) in [6.07, 6.45) is 2.44. The lowest BCUT2D eigenvalue weighted by Crippen LogP contribution is -2.39. The highest BCUT2D eigenvalue weighted by Crippen LogP contribution is 2.30. The lowest BCUT2D eigenvalue weighted by molar-refractivity contribution is -0.133. The molecule has 0 saturated heterocycles. The van der Waals surface area contributed by atoms with E-state index in [1.807, 2.05) is 18.7 Å². The molecule has 0 aromatic rings. The monoisotopic (exact) mass is 245 g/mol. The van der Waals surface area contributed by atoms with E-state index in [0.29, 0.717) is 5.92 Å². The first kappa shape index (κ1) is 13.4. The van der Waals surface area contributed by atoms with E-state index >= 15 is 0 Å². The Kier molecular flexibility index (Phi) is 5.12. The Morgan fingerprint density at radius 3 is 2.44 bits per heavy atom. The van der Waals surface area contributed by atoms with Crippen molar-refractivity contribution in [3.63, 3.8) is 0 Å². The molecule has 5 heteroatoms. The van der Waals surface area contributed by atoms with Crippen molar-refractivity contribution in [2.75, 3.05) is 18.1 Å². The minimum Gasteiger partial charge on any atom is -0.481 e. The van der Waals surface area contributed by atoms with Crippen LogP contribution in [0.4, 0.5) is 0 Å². The van der Waals surface area contributed by atoms with E-state index < -0.39 is 5.97 Å². The zero-order valence-electron chi connectivity index (χ0n) is 9.81. The van der Waals surface area contributed by atoms with Crippen LogP contribution in [0.3, 0.4) is 0 Å². The van der Waals surface area contributed by atoms with E-state index in [-0.39, 0.29) is 23.5 Å². The first-order valence-corrected chi connectivity index (χ1v) is 6.75. The van der Waals surface area contributed by atoms with Crippen molar-refractivity contribution < 1.29 is 14.7 Å². The standard InChI is InChI=1S/C11H19NO3S/c1-8(2)12(5-9-3-4-9)10(13)6-16-7-11(14)15/h8-9H,3-7H2,1-2H3,(H,14,15). The van der Waals surface area contributed by atoms with Crippen molar-refractivity contribution in [2.24, 2.45) is 5.92 Å². The molecular weight excluding hydrogens is 226 g/mol. The molecule has 1 saturated carbocycles. The molecule has 0 radical (unpaired) electrons. The van der Waals surface area contributed by atoms with Gasteiger partial charge < -0.3 is 10.0 Å². The van der Waals surface area contributed by atoms with Gasteiger partial charge in [-0.2, -0.15) is 0 Å². The van der Waals surface area contributed by atoms with Crippen LogP contribution < -0.4 is 0 Å². The molecular formula is C11H19NO3S. The Balaban J connectivity index is 2.31. The largest absolute Gasteiger partial charge is 0.481 e. The highest BCUT2D eigenvalue weighted by molar-refractivity contribution is 8.00. The zero-order valence-corrected chi connectivity index (χ0v) is 10.6. The fourth-order valence-corrected chi connectivity index (χ4v) is 2.10. The number of carboxylic acids is 1. The molecule has 16 heavy (non-hydrogen) atoms. The topological polar surface area (TPSA) is 57.6 Å². The van der Waals surface area contributed by atoms with Gasteiger partial charge in [-0.25, -0.2) is 0 Å². The molecule has 0 heterocycles. The maximum absolute atomic E-state index is 11.8. The first-order chi connectivity index (χ1) is 7.50. The summed E-state index contributed by atoms with van der Waals surface area (Å²) in [5.41, 5.74) is 0. The molecule has 1 N–H and O–H groups in total. The first-order valence-electron chi connectivity index (χ1n) is 5.59. The van der Waals surface area contributed by atoms with E-state index in [4.69, 9.17) is 5.11 Å². The third-order valence-electron chi connectivity index (χ3n) is 2.55. The Labute approximate surface area is 100 Å². The SMILES string of the molecule is CC(C)N(CC1CC1)C(=O)CSCC(=O)O. The summed E-state index contributed by atoms with van der Waals surface area (Å²) < 4.78 is 0. The molecule has 0 aliphatic heterocycles. The Hall–Kier alpha value is -0.710. The van der Waals surface area contributed by atoms with Crippen LogP contribution in [-0.2, 0) is 9.59 Å². The predicted octanol–water partition coefficient (Wildman–Crippen LogP) is 1.45. The molecule has 0 bridgehead atoms. The van der Waals surface area contributed by atoms with Gasteiger partial charge in [-0.1, -0.05) is 0 Å². The van der Waals surface area contributed by atoms with E-state index in [2.05, 4.69) is 0 Å². The van der Waals surface area contributed by atoms with Gasteiger partial charge in [-0.05, 0) is 32.6 Å². The van der Waals surface area contributed by atoms with Gasteiger partial charge in [0.2, 0.25) is 5.91 Å². The van der Waals surface area contributed by atoms with Crippen LogP contribution in [0.1, 0.15) is 26.7 Å². The average molecular weight is 245 g/mol. The number of carboxylic acid groups (broad SMARTS) is 1. The third kappa shape index (κ3) is 4.88. The summed E-state index contributed by atoms with van der Waals surface area (Å²) in [4.78, 5) is 24.0. The van der Waals surface area contributed by atoms with Crippen LogP contribution in [-0.4, -0.2) is 46.0 Å². The van der Waals surface area contributed by atoms with Gasteiger partial charge in [0, 0.05) is 12.6 Å². The smallest absolute Gasteiger partial charge is 0.313 e. The van der Waals surface area contributed by atoms with Crippen LogP contribution in [0.15, 0.2) is 0 Å². The highest BCUT2D eigenvalue weighted by Gasteiger charge is 2.27. The van der Waals surface area contributed by atoms with Crippen LogP contribution in [0, 0.1) is 5.92 Å². The van der Waals surface area contributed by atoms with Crippen molar-refractivity contribution in [1.29, 1.82) is 0 Å². The molecule has 1 rings (SSSR count). The van der Waals surface area contributed by atoms with Crippen molar-refractivity contribution in [2.45, 2.75) is 32.7 Å². The average Bonchev–Trinajstić information content (AvgIpc) is 2.96. The fourth-order valence-electron chi connectivity index (χ4n) is 1.49. The van der Waals surface area contributed by atoms with Gasteiger partial charge >= 0.3 is 5.97 Å². The Morgan fingerprint density at radius 1 is 1.38 bits per heavy atom. The normalized spacial score (nSPS) is 15.2. The number of rotatable bonds is 7. The molecule has 0 unspecified atom stereocenters. The van der Waals surface area contributed by atoms with Gasteiger partial charge in [-0.3, -0.25) is 9.59 Å². The van der Waals surface area contributed by atoms with Gasteiger partial charge in [0.05, 0.1) is 11.5 Å². The molecule has 1 fully saturated rings. The number of carbonyl (C=O) groups is 2. The van der Waals surface area contributed by atoms with Crippen molar-refractivity contribution >= 4 is 23.6 Å². The van der Waals surface area contributed by atoms with E-state index in [1.54, 1.807) is 0 Å². The van der Waals surface area contributed by atoms with E-state index in [1.165, 1.54) is 24.6 Å². The highest BCUT2D eigenvalue weighted by atomic mass is 32.2. The number of aliphatic carboxylic acids is 1.